The minimum absolute atomic E-state index is 0.689. The summed E-state index contributed by atoms with van der Waals surface area (Å²) in [5.41, 5.74) is 6.13. The highest BCUT2D eigenvalue weighted by Crippen LogP contribution is 2.33. The number of aryl methyl sites for hydroxylation is 3. The molecule has 2 aromatic carbocycles. The quantitative estimate of drug-likeness (QED) is 0.553. The van der Waals surface area contributed by atoms with Crippen molar-refractivity contribution in [3.63, 3.8) is 0 Å². The predicted molar refractivity (Wildman–Crippen MR) is 109 cm³/mol. The highest BCUT2D eigenvalue weighted by molar-refractivity contribution is 5.80. The van der Waals surface area contributed by atoms with Gasteiger partial charge < -0.3 is 10.1 Å². The van der Waals surface area contributed by atoms with Crippen LogP contribution in [0.5, 0.6) is 5.75 Å². The fraction of sp³-hybridized carbons (Fsp3) is 0.182. The van der Waals surface area contributed by atoms with E-state index in [0.29, 0.717) is 5.78 Å². The summed E-state index contributed by atoms with van der Waals surface area (Å²) < 4.78 is 7.36. The summed E-state index contributed by atoms with van der Waals surface area (Å²) in [6, 6.07) is 18.2. The number of fused-ring (bicyclic) bond motifs is 1. The normalized spacial score (nSPS) is 11.0. The maximum absolute atomic E-state index is 5.29. The average molecular weight is 358 g/mol. The van der Waals surface area contributed by atoms with Gasteiger partial charge >= 0.3 is 0 Å². The average Bonchev–Trinajstić information content (AvgIpc) is 3.02. The van der Waals surface area contributed by atoms with E-state index in [9.17, 15) is 0 Å². The molecule has 0 amide bonds. The van der Waals surface area contributed by atoms with Gasteiger partial charge in [-0.3, -0.25) is 4.40 Å². The van der Waals surface area contributed by atoms with Crippen molar-refractivity contribution in [1.82, 2.24) is 14.4 Å². The Morgan fingerprint density at radius 2 is 1.67 bits per heavy atom. The zero-order valence-electron chi connectivity index (χ0n) is 15.9. The van der Waals surface area contributed by atoms with Crippen LogP contribution in [0, 0.1) is 20.8 Å². The smallest absolute Gasteiger partial charge is 0.236 e. The summed E-state index contributed by atoms with van der Waals surface area (Å²) >= 11 is 0. The third-order valence-corrected chi connectivity index (χ3v) is 4.67. The van der Waals surface area contributed by atoms with Crippen LogP contribution >= 0.6 is 0 Å². The first-order valence-corrected chi connectivity index (χ1v) is 8.90. The molecule has 0 bridgehead atoms. The Hall–Kier alpha value is -3.34. The van der Waals surface area contributed by atoms with Crippen LogP contribution in [0.2, 0.25) is 0 Å². The van der Waals surface area contributed by atoms with Crippen LogP contribution in [-0.4, -0.2) is 21.5 Å². The van der Waals surface area contributed by atoms with E-state index in [1.54, 1.807) is 7.11 Å². The summed E-state index contributed by atoms with van der Waals surface area (Å²) in [5, 5.41) is 3.58. The predicted octanol–water partition coefficient (Wildman–Crippen LogP) is 5.07. The van der Waals surface area contributed by atoms with Crippen LogP contribution < -0.4 is 10.1 Å². The SMILES string of the molecule is COc1ccc(-c2nc3nc(C)cc(C)n3c2Nc2ccccc2C)cc1. The van der Waals surface area contributed by atoms with Crippen molar-refractivity contribution in [2.75, 3.05) is 12.4 Å². The molecule has 0 radical (unpaired) electrons. The molecule has 5 heteroatoms. The van der Waals surface area contributed by atoms with E-state index in [0.717, 1.165) is 39.9 Å². The van der Waals surface area contributed by atoms with Crippen molar-refractivity contribution < 1.29 is 4.74 Å². The highest BCUT2D eigenvalue weighted by Gasteiger charge is 2.18. The summed E-state index contributed by atoms with van der Waals surface area (Å²) in [4.78, 5) is 9.46. The number of imidazole rings is 1. The second-order valence-electron chi connectivity index (χ2n) is 6.65. The Kier molecular flexibility index (Phi) is 4.28. The lowest BCUT2D eigenvalue weighted by atomic mass is 10.1. The second-order valence-corrected chi connectivity index (χ2v) is 6.65. The summed E-state index contributed by atoms with van der Waals surface area (Å²) in [7, 11) is 1.67. The number of aromatic nitrogens is 3. The fourth-order valence-corrected chi connectivity index (χ4v) is 3.28. The van der Waals surface area contributed by atoms with Crippen LogP contribution in [0.3, 0.4) is 0 Å². The van der Waals surface area contributed by atoms with Crippen LogP contribution in [-0.2, 0) is 0 Å². The topological polar surface area (TPSA) is 51.5 Å². The lowest BCUT2D eigenvalue weighted by Gasteiger charge is -2.13. The fourth-order valence-electron chi connectivity index (χ4n) is 3.28. The molecule has 5 nitrogen and oxygen atoms in total. The van der Waals surface area contributed by atoms with Gasteiger partial charge in [-0.1, -0.05) is 18.2 Å². The van der Waals surface area contributed by atoms with E-state index in [-0.39, 0.29) is 0 Å². The lowest BCUT2D eigenvalue weighted by Crippen LogP contribution is -2.02. The third kappa shape index (κ3) is 3.12. The van der Waals surface area contributed by atoms with E-state index in [2.05, 4.69) is 46.7 Å². The van der Waals surface area contributed by atoms with Crippen LogP contribution in [0.1, 0.15) is 17.0 Å². The zero-order chi connectivity index (χ0) is 19.0. The standard InChI is InChI=1S/C22H22N4O/c1-14-7-5-6-8-19(14)24-21-20(17-9-11-18(27-4)12-10-17)25-22-23-15(2)13-16(3)26(21)22/h5-13,24H,1-4H3. The zero-order valence-corrected chi connectivity index (χ0v) is 15.9. The van der Waals surface area contributed by atoms with Crippen molar-refractivity contribution in [3.05, 3.63) is 71.5 Å². The molecule has 0 atom stereocenters. The van der Waals surface area contributed by atoms with Gasteiger partial charge in [0.15, 0.2) is 0 Å². The van der Waals surface area contributed by atoms with E-state index >= 15 is 0 Å². The molecule has 0 spiro atoms. The first-order valence-electron chi connectivity index (χ1n) is 8.90. The molecule has 27 heavy (non-hydrogen) atoms. The van der Waals surface area contributed by atoms with Gasteiger partial charge in [-0.2, -0.15) is 0 Å². The molecular formula is C22H22N4O. The minimum Gasteiger partial charge on any atom is -0.497 e. The number of methoxy groups -OCH3 is 1. The van der Waals surface area contributed by atoms with Crippen molar-refractivity contribution >= 4 is 17.3 Å². The Bertz CT molecular complexity index is 1110. The van der Waals surface area contributed by atoms with Gasteiger partial charge in [-0.15, -0.1) is 0 Å². The number of nitrogens with zero attached hydrogens (tertiary/aromatic N) is 3. The van der Waals surface area contributed by atoms with Crippen LogP contribution in [0.15, 0.2) is 54.6 Å². The number of hydrogen-bond donors (Lipinski definition) is 1. The number of anilines is 2. The number of para-hydroxylation sites is 1. The van der Waals surface area contributed by atoms with Gasteiger partial charge in [0.1, 0.15) is 17.3 Å². The molecule has 0 aliphatic carbocycles. The number of rotatable bonds is 4. The first-order chi connectivity index (χ1) is 13.1. The maximum Gasteiger partial charge on any atom is 0.236 e. The molecule has 1 N–H and O–H groups in total. The molecule has 4 aromatic rings. The van der Waals surface area contributed by atoms with E-state index < -0.39 is 0 Å². The lowest BCUT2D eigenvalue weighted by molar-refractivity contribution is 0.415. The van der Waals surface area contributed by atoms with E-state index in [1.807, 2.05) is 43.3 Å². The number of benzene rings is 2. The molecular weight excluding hydrogens is 336 g/mol. The Labute approximate surface area is 158 Å². The van der Waals surface area contributed by atoms with Crippen LogP contribution in [0.25, 0.3) is 17.0 Å². The Morgan fingerprint density at radius 3 is 2.37 bits per heavy atom. The van der Waals surface area contributed by atoms with Gasteiger partial charge in [-0.25, -0.2) is 9.97 Å². The second kappa shape index (κ2) is 6.76. The largest absolute Gasteiger partial charge is 0.497 e. The van der Waals surface area contributed by atoms with Gasteiger partial charge in [-0.05, 0) is 62.7 Å². The van der Waals surface area contributed by atoms with Gasteiger partial charge in [0.25, 0.3) is 0 Å². The molecule has 0 unspecified atom stereocenters. The van der Waals surface area contributed by atoms with E-state index in [1.165, 1.54) is 5.56 Å². The summed E-state index contributed by atoms with van der Waals surface area (Å²) in [6.07, 6.45) is 0. The Balaban J connectivity index is 1.94. The first kappa shape index (κ1) is 17.1. The van der Waals surface area contributed by atoms with Gasteiger partial charge in [0.2, 0.25) is 5.78 Å². The van der Waals surface area contributed by atoms with Crippen LogP contribution in [0.4, 0.5) is 11.5 Å². The minimum atomic E-state index is 0.689. The van der Waals surface area contributed by atoms with Crippen molar-refractivity contribution in [1.29, 1.82) is 0 Å². The molecule has 0 aliphatic rings. The third-order valence-electron chi connectivity index (χ3n) is 4.67. The molecule has 136 valence electrons. The maximum atomic E-state index is 5.29. The monoisotopic (exact) mass is 358 g/mol. The van der Waals surface area contributed by atoms with Crippen molar-refractivity contribution in [3.8, 4) is 17.0 Å². The Morgan fingerprint density at radius 1 is 0.926 bits per heavy atom. The van der Waals surface area contributed by atoms with Crippen molar-refractivity contribution in [2.24, 2.45) is 0 Å². The molecule has 0 fully saturated rings. The van der Waals surface area contributed by atoms with Gasteiger partial charge in [0, 0.05) is 22.6 Å². The molecule has 0 saturated heterocycles. The van der Waals surface area contributed by atoms with E-state index in [4.69, 9.17) is 9.72 Å². The molecule has 2 aromatic heterocycles. The highest BCUT2D eigenvalue weighted by atomic mass is 16.5. The van der Waals surface area contributed by atoms with Crippen molar-refractivity contribution in [2.45, 2.75) is 20.8 Å². The molecule has 4 rings (SSSR count). The molecule has 0 aliphatic heterocycles. The molecule has 0 saturated carbocycles. The summed E-state index contributed by atoms with van der Waals surface area (Å²) in [6.45, 7) is 6.15. The molecule has 2 heterocycles. The number of hydrogen-bond acceptors (Lipinski definition) is 4. The number of ether oxygens (including phenoxy) is 1. The van der Waals surface area contributed by atoms with Gasteiger partial charge in [0.05, 0.1) is 7.11 Å². The number of nitrogens with one attached hydrogen (secondary N) is 1. The summed E-state index contributed by atoms with van der Waals surface area (Å²) in [5.74, 6) is 2.42.